The number of aryl methyl sites for hydroxylation is 1. The first-order chi connectivity index (χ1) is 18.6. The third-order valence-corrected chi connectivity index (χ3v) is 6.96. The Kier molecular flexibility index (Phi) is 7.97. The van der Waals surface area contributed by atoms with Crippen molar-refractivity contribution < 1.29 is 4.79 Å². The van der Waals surface area contributed by atoms with Crippen molar-refractivity contribution in [2.24, 2.45) is 5.10 Å². The molecule has 1 heterocycles. The van der Waals surface area contributed by atoms with E-state index in [1.54, 1.807) is 6.21 Å². The molecule has 38 heavy (non-hydrogen) atoms. The van der Waals surface area contributed by atoms with Crippen LogP contribution in [0, 0.1) is 6.92 Å². The van der Waals surface area contributed by atoms with E-state index in [9.17, 15) is 4.79 Å². The molecule has 1 N–H and O–H groups in total. The van der Waals surface area contributed by atoms with Crippen LogP contribution in [0.5, 0.6) is 0 Å². The van der Waals surface area contributed by atoms with Gasteiger partial charge in [-0.3, -0.25) is 9.36 Å². The number of nitrogens with one attached hydrogen (secondary N) is 1. The molecule has 0 atom stereocenters. The molecule has 4 aromatic carbocycles. The van der Waals surface area contributed by atoms with Gasteiger partial charge in [0.2, 0.25) is 0 Å². The van der Waals surface area contributed by atoms with Gasteiger partial charge in [0.05, 0.1) is 12.0 Å². The number of halogens is 1. The molecular formula is C30H24ClN5OS. The topological polar surface area (TPSA) is 72.2 Å². The number of hydrogen-bond acceptors (Lipinski definition) is 5. The second kappa shape index (κ2) is 11.9. The maximum Gasteiger partial charge on any atom is 0.250 e. The zero-order valence-electron chi connectivity index (χ0n) is 20.6. The Morgan fingerprint density at radius 3 is 2.24 bits per heavy atom. The van der Waals surface area contributed by atoms with Gasteiger partial charge in [0.15, 0.2) is 11.0 Å². The number of amides is 1. The van der Waals surface area contributed by atoms with Crippen LogP contribution in [0.4, 0.5) is 0 Å². The Labute approximate surface area is 230 Å². The van der Waals surface area contributed by atoms with Crippen LogP contribution in [-0.4, -0.2) is 32.6 Å². The summed E-state index contributed by atoms with van der Waals surface area (Å²) in [6.07, 6.45) is 1.63. The molecule has 6 nitrogen and oxygen atoms in total. The minimum absolute atomic E-state index is 0.134. The molecule has 0 fully saturated rings. The molecule has 0 aliphatic rings. The van der Waals surface area contributed by atoms with Crippen molar-refractivity contribution in [1.82, 2.24) is 20.2 Å². The first kappa shape index (κ1) is 25.4. The molecule has 5 rings (SSSR count). The fraction of sp³-hybridized carbons (Fsp3) is 0.0667. The van der Waals surface area contributed by atoms with Crippen LogP contribution in [0.3, 0.4) is 0 Å². The van der Waals surface area contributed by atoms with Gasteiger partial charge in [-0.05, 0) is 60.0 Å². The van der Waals surface area contributed by atoms with Crippen molar-refractivity contribution in [3.05, 3.63) is 119 Å². The van der Waals surface area contributed by atoms with E-state index in [-0.39, 0.29) is 11.7 Å². The number of carbonyl (C=O) groups excluding carboxylic acids is 1. The highest BCUT2D eigenvalue weighted by Crippen LogP contribution is 2.29. The lowest BCUT2D eigenvalue weighted by molar-refractivity contribution is -0.118. The number of nitrogens with zero attached hydrogens (tertiary/aromatic N) is 4. The molecule has 0 saturated carbocycles. The number of rotatable bonds is 8. The summed E-state index contributed by atoms with van der Waals surface area (Å²) in [4.78, 5) is 12.5. The number of hydrogen-bond donors (Lipinski definition) is 1. The monoisotopic (exact) mass is 537 g/mol. The quantitative estimate of drug-likeness (QED) is 0.134. The minimum Gasteiger partial charge on any atom is -0.272 e. The highest BCUT2D eigenvalue weighted by Gasteiger charge is 2.17. The molecule has 0 bridgehead atoms. The lowest BCUT2D eigenvalue weighted by Crippen LogP contribution is -2.20. The van der Waals surface area contributed by atoms with Gasteiger partial charge in [0.1, 0.15) is 0 Å². The number of benzene rings is 4. The molecule has 0 spiro atoms. The van der Waals surface area contributed by atoms with E-state index < -0.39 is 0 Å². The number of carbonyl (C=O) groups is 1. The minimum atomic E-state index is -0.237. The van der Waals surface area contributed by atoms with Crippen LogP contribution < -0.4 is 5.43 Å². The SMILES string of the molecule is Cc1ccc(-n2c(SCC(=O)N/N=C\c3ccc(-c4ccccc4)cc3)nnc2-c2ccc(Cl)cc2)cc1. The van der Waals surface area contributed by atoms with E-state index in [1.807, 2.05) is 102 Å². The van der Waals surface area contributed by atoms with Crippen LogP contribution in [0.25, 0.3) is 28.2 Å². The van der Waals surface area contributed by atoms with Crippen LogP contribution in [0.15, 0.2) is 113 Å². The van der Waals surface area contributed by atoms with Crippen molar-refractivity contribution >= 4 is 35.5 Å². The molecule has 0 unspecified atom stereocenters. The van der Waals surface area contributed by atoms with Crippen molar-refractivity contribution in [3.63, 3.8) is 0 Å². The molecule has 8 heteroatoms. The van der Waals surface area contributed by atoms with Crippen LogP contribution >= 0.6 is 23.4 Å². The molecule has 5 aromatic rings. The van der Waals surface area contributed by atoms with E-state index in [0.717, 1.165) is 33.5 Å². The van der Waals surface area contributed by atoms with Gasteiger partial charge >= 0.3 is 0 Å². The lowest BCUT2D eigenvalue weighted by Gasteiger charge is -2.10. The predicted molar refractivity (Wildman–Crippen MR) is 155 cm³/mol. The predicted octanol–water partition coefficient (Wildman–Crippen LogP) is 6.81. The lowest BCUT2D eigenvalue weighted by atomic mass is 10.0. The van der Waals surface area contributed by atoms with Gasteiger partial charge in [0.25, 0.3) is 5.91 Å². The largest absolute Gasteiger partial charge is 0.272 e. The summed E-state index contributed by atoms with van der Waals surface area (Å²) < 4.78 is 1.94. The Hall–Kier alpha value is -4.20. The smallest absolute Gasteiger partial charge is 0.250 e. The van der Waals surface area contributed by atoms with E-state index in [2.05, 4.69) is 32.9 Å². The molecule has 0 aliphatic heterocycles. The summed E-state index contributed by atoms with van der Waals surface area (Å²) in [5.74, 6) is 0.568. The molecule has 0 aliphatic carbocycles. The third-order valence-electron chi connectivity index (χ3n) is 5.78. The average Bonchev–Trinajstić information content (AvgIpc) is 3.37. The summed E-state index contributed by atoms with van der Waals surface area (Å²) in [5.41, 5.74) is 8.70. The standard InChI is InChI=1S/C30H24ClN5OS/c1-21-7-17-27(18-8-21)36-29(25-13-15-26(31)16-14-25)34-35-30(36)38-20-28(37)33-32-19-22-9-11-24(12-10-22)23-5-3-2-4-6-23/h2-19H,20H2,1H3,(H,33,37)/b32-19-. The van der Waals surface area contributed by atoms with Gasteiger partial charge in [-0.2, -0.15) is 5.10 Å². The second-order valence-corrected chi connectivity index (χ2v) is 9.93. The highest BCUT2D eigenvalue weighted by molar-refractivity contribution is 7.99. The fourth-order valence-electron chi connectivity index (χ4n) is 3.81. The van der Waals surface area contributed by atoms with E-state index in [0.29, 0.717) is 16.0 Å². The Morgan fingerprint density at radius 2 is 1.53 bits per heavy atom. The van der Waals surface area contributed by atoms with Crippen LogP contribution in [-0.2, 0) is 4.79 Å². The summed E-state index contributed by atoms with van der Waals surface area (Å²) >= 11 is 7.37. The zero-order chi connectivity index (χ0) is 26.3. The summed E-state index contributed by atoms with van der Waals surface area (Å²) in [7, 11) is 0. The maximum absolute atomic E-state index is 12.5. The molecule has 0 radical (unpaired) electrons. The first-order valence-electron chi connectivity index (χ1n) is 12.0. The average molecular weight is 538 g/mol. The molecule has 188 valence electrons. The van der Waals surface area contributed by atoms with Crippen LogP contribution in [0.1, 0.15) is 11.1 Å². The second-order valence-electron chi connectivity index (χ2n) is 8.55. The Balaban J connectivity index is 1.25. The summed E-state index contributed by atoms with van der Waals surface area (Å²) in [5, 5.41) is 14.2. The summed E-state index contributed by atoms with van der Waals surface area (Å²) in [6, 6.07) is 33.7. The maximum atomic E-state index is 12.5. The van der Waals surface area contributed by atoms with Crippen molar-refractivity contribution in [3.8, 4) is 28.2 Å². The molecular weight excluding hydrogens is 514 g/mol. The van der Waals surface area contributed by atoms with Gasteiger partial charge in [-0.1, -0.05) is 95.7 Å². The number of hydrazone groups is 1. The third kappa shape index (κ3) is 6.19. The molecule has 1 amide bonds. The van der Waals surface area contributed by atoms with Gasteiger partial charge in [-0.15, -0.1) is 10.2 Å². The van der Waals surface area contributed by atoms with Crippen LogP contribution in [0.2, 0.25) is 5.02 Å². The van der Waals surface area contributed by atoms with Crippen molar-refractivity contribution in [2.75, 3.05) is 5.75 Å². The zero-order valence-corrected chi connectivity index (χ0v) is 22.2. The van der Waals surface area contributed by atoms with Gasteiger partial charge in [-0.25, -0.2) is 5.43 Å². The number of aromatic nitrogens is 3. The Morgan fingerprint density at radius 1 is 0.868 bits per heavy atom. The Bertz CT molecular complexity index is 1550. The highest BCUT2D eigenvalue weighted by atomic mass is 35.5. The van der Waals surface area contributed by atoms with Crippen molar-refractivity contribution in [1.29, 1.82) is 0 Å². The van der Waals surface area contributed by atoms with E-state index >= 15 is 0 Å². The molecule has 0 saturated heterocycles. The normalized spacial score (nSPS) is 11.1. The van der Waals surface area contributed by atoms with Crippen molar-refractivity contribution in [2.45, 2.75) is 12.1 Å². The number of thioether (sulfide) groups is 1. The first-order valence-corrected chi connectivity index (χ1v) is 13.3. The van der Waals surface area contributed by atoms with Gasteiger partial charge < -0.3 is 0 Å². The molecule has 1 aromatic heterocycles. The summed E-state index contributed by atoms with van der Waals surface area (Å²) in [6.45, 7) is 2.04. The fourth-order valence-corrected chi connectivity index (χ4v) is 4.68. The van der Waals surface area contributed by atoms with E-state index in [4.69, 9.17) is 11.6 Å². The van der Waals surface area contributed by atoms with E-state index in [1.165, 1.54) is 11.8 Å². The van der Waals surface area contributed by atoms with Gasteiger partial charge in [0, 0.05) is 16.3 Å².